The van der Waals surface area contributed by atoms with Crippen molar-refractivity contribution in [2.24, 2.45) is 0 Å². The molecule has 0 aliphatic heterocycles. The van der Waals surface area contributed by atoms with Crippen molar-refractivity contribution in [3.8, 4) is 5.75 Å². The molecule has 6 heteroatoms. The average molecular weight is 282 g/mol. The fourth-order valence-corrected chi connectivity index (χ4v) is 1.38. The van der Waals surface area contributed by atoms with Crippen LogP contribution in [0.3, 0.4) is 0 Å². The minimum atomic E-state index is -1.12. The van der Waals surface area contributed by atoms with Gasteiger partial charge in [0.2, 0.25) is 0 Å². The Morgan fingerprint density at radius 2 is 2.15 bits per heavy atom. The Balaban J connectivity index is 2.78. The predicted octanol–water partition coefficient (Wildman–Crippen LogP) is 2.25. The summed E-state index contributed by atoms with van der Waals surface area (Å²) in [5.41, 5.74) is 0.376. The average Bonchev–Trinajstić information content (AvgIpc) is 2.39. The van der Waals surface area contributed by atoms with Gasteiger partial charge in [0, 0.05) is 6.08 Å². The third kappa shape index (κ3) is 4.72. The van der Waals surface area contributed by atoms with E-state index in [0.29, 0.717) is 5.56 Å². The lowest BCUT2D eigenvalue weighted by molar-refractivity contribution is -0.150. The highest BCUT2D eigenvalue weighted by Crippen LogP contribution is 2.20. The Hall–Kier alpha value is -2.37. The Morgan fingerprint density at radius 3 is 2.70 bits per heavy atom. The summed E-state index contributed by atoms with van der Waals surface area (Å²) in [5, 5.41) is 8.47. The fourth-order valence-electron chi connectivity index (χ4n) is 1.38. The zero-order valence-electron chi connectivity index (χ0n) is 11.1. The molecule has 0 aliphatic carbocycles. The number of aliphatic carboxylic acids is 1. The van der Waals surface area contributed by atoms with Crippen LogP contribution >= 0.6 is 0 Å². The van der Waals surface area contributed by atoms with Gasteiger partial charge in [-0.3, -0.25) is 0 Å². The summed E-state index contributed by atoms with van der Waals surface area (Å²) >= 11 is 0. The van der Waals surface area contributed by atoms with Crippen molar-refractivity contribution < 1.29 is 28.6 Å². The molecule has 0 fully saturated rings. The first-order valence-electron chi connectivity index (χ1n) is 5.98. The minimum Gasteiger partial charge on any atom is -0.478 e. The number of carbonyl (C=O) groups excluding carboxylic acids is 1. The van der Waals surface area contributed by atoms with Gasteiger partial charge < -0.3 is 14.6 Å². The molecule has 1 rings (SSSR count). The zero-order valence-corrected chi connectivity index (χ0v) is 11.1. The maximum Gasteiger partial charge on any atom is 0.347 e. The molecule has 0 heterocycles. The van der Waals surface area contributed by atoms with E-state index in [1.54, 1.807) is 6.92 Å². The molecule has 1 aromatic carbocycles. The van der Waals surface area contributed by atoms with Gasteiger partial charge in [-0.2, -0.15) is 0 Å². The molecule has 0 bridgehead atoms. The summed E-state index contributed by atoms with van der Waals surface area (Å²) in [5.74, 6) is -2.49. The van der Waals surface area contributed by atoms with Crippen molar-refractivity contribution in [1.29, 1.82) is 0 Å². The van der Waals surface area contributed by atoms with Gasteiger partial charge in [-0.05, 0) is 37.6 Å². The van der Waals surface area contributed by atoms with Crippen LogP contribution in [-0.2, 0) is 14.3 Å². The molecule has 0 saturated carbocycles. The lowest BCUT2D eigenvalue weighted by Gasteiger charge is -2.14. The van der Waals surface area contributed by atoms with E-state index in [4.69, 9.17) is 14.6 Å². The molecule has 1 aromatic rings. The van der Waals surface area contributed by atoms with E-state index in [1.165, 1.54) is 25.1 Å². The van der Waals surface area contributed by atoms with E-state index in [0.717, 1.165) is 12.1 Å². The quantitative estimate of drug-likeness (QED) is 0.640. The first-order valence-corrected chi connectivity index (χ1v) is 5.98. The number of ether oxygens (including phenoxy) is 2. The number of carboxylic acid groups (broad SMARTS) is 1. The van der Waals surface area contributed by atoms with Gasteiger partial charge in [0.1, 0.15) is 0 Å². The minimum absolute atomic E-state index is 0.0990. The van der Waals surface area contributed by atoms with Gasteiger partial charge in [0.15, 0.2) is 17.7 Å². The largest absolute Gasteiger partial charge is 0.478 e. The molecular weight excluding hydrogens is 267 g/mol. The maximum absolute atomic E-state index is 13.7. The molecule has 0 amide bonds. The SMILES string of the molecule is CCOC(=O)C(C)Oc1ccc(/C=C/C(=O)O)cc1F. The van der Waals surface area contributed by atoms with E-state index in [1.807, 2.05) is 0 Å². The Morgan fingerprint density at radius 1 is 1.45 bits per heavy atom. The van der Waals surface area contributed by atoms with Gasteiger partial charge in [0.05, 0.1) is 6.61 Å². The Bertz CT molecular complexity index is 524. The number of hydrogen-bond donors (Lipinski definition) is 1. The van der Waals surface area contributed by atoms with E-state index >= 15 is 0 Å². The van der Waals surface area contributed by atoms with Gasteiger partial charge >= 0.3 is 11.9 Å². The number of carbonyl (C=O) groups is 2. The number of rotatable bonds is 6. The molecule has 5 nitrogen and oxygen atoms in total. The summed E-state index contributed by atoms with van der Waals surface area (Å²) in [4.78, 5) is 21.7. The summed E-state index contributed by atoms with van der Waals surface area (Å²) in [6.07, 6.45) is 1.23. The van der Waals surface area contributed by atoms with Crippen LogP contribution in [-0.4, -0.2) is 29.8 Å². The Kier molecular flexibility index (Phi) is 5.71. The second-order valence-corrected chi connectivity index (χ2v) is 3.87. The molecular formula is C14H15FO5. The summed E-state index contributed by atoms with van der Waals surface area (Å²) in [6.45, 7) is 3.33. The van der Waals surface area contributed by atoms with E-state index in [2.05, 4.69) is 0 Å². The standard InChI is InChI=1S/C14H15FO5/c1-3-19-14(18)9(2)20-12-6-4-10(8-11(12)15)5-7-13(16)17/h4-9H,3H2,1-2H3,(H,16,17)/b7-5+. The molecule has 1 unspecified atom stereocenters. The van der Waals surface area contributed by atoms with Gasteiger partial charge in [-0.15, -0.1) is 0 Å². The summed E-state index contributed by atoms with van der Waals surface area (Å²) in [6, 6.07) is 3.93. The summed E-state index contributed by atoms with van der Waals surface area (Å²) in [7, 11) is 0. The topological polar surface area (TPSA) is 72.8 Å². The lowest BCUT2D eigenvalue weighted by atomic mass is 10.2. The molecule has 0 radical (unpaired) electrons. The molecule has 108 valence electrons. The van der Waals surface area contributed by atoms with Crippen molar-refractivity contribution in [2.45, 2.75) is 20.0 Å². The molecule has 0 saturated heterocycles. The number of esters is 1. The number of benzene rings is 1. The third-order valence-electron chi connectivity index (χ3n) is 2.30. The number of halogens is 1. The molecule has 0 aromatic heterocycles. The molecule has 20 heavy (non-hydrogen) atoms. The zero-order chi connectivity index (χ0) is 15.1. The molecule has 1 atom stereocenters. The van der Waals surface area contributed by atoms with Crippen molar-refractivity contribution in [2.75, 3.05) is 6.61 Å². The third-order valence-corrected chi connectivity index (χ3v) is 2.30. The molecule has 0 aliphatic rings. The number of carboxylic acids is 1. The predicted molar refractivity (Wildman–Crippen MR) is 69.8 cm³/mol. The number of hydrogen-bond acceptors (Lipinski definition) is 4. The first-order chi connectivity index (χ1) is 9.43. The monoisotopic (exact) mass is 282 g/mol. The highest BCUT2D eigenvalue weighted by atomic mass is 19.1. The van der Waals surface area contributed by atoms with E-state index in [-0.39, 0.29) is 12.4 Å². The van der Waals surface area contributed by atoms with Crippen LogP contribution in [0.25, 0.3) is 6.08 Å². The van der Waals surface area contributed by atoms with Gasteiger partial charge in [-0.25, -0.2) is 14.0 Å². The Labute approximate surface area is 115 Å². The highest BCUT2D eigenvalue weighted by molar-refractivity contribution is 5.85. The van der Waals surface area contributed by atoms with Crippen LogP contribution in [0.1, 0.15) is 19.4 Å². The smallest absolute Gasteiger partial charge is 0.347 e. The van der Waals surface area contributed by atoms with Gasteiger partial charge in [0.25, 0.3) is 0 Å². The molecule has 0 spiro atoms. The van der Waals surface area contributed by atoms with Crippen LogP contribution in [0.15, 0.2) is 24.3 Å². The van der Waals surface area contributed by atoms with Crippen molar-refractivity contribution >= 4 is 18.0 Å². The van der Waals surface area contributed by atoms with Gasteiger partial charge in [-0.1, -0.05) is 6.07 Å². The van der Waals surface area contributed by atoms with Crippen LogP contribution in [0.4, 0.5) is 4.39 Å². The van der Waals surface area contributed by atoms with Crippen LogP contribution < -0.4 is 4.74 Å². The maximum atomic E-state index is 13.7. The normalized spacial score (nSPS) is 12.2. The van der Waals surface area contributed by atoms with Crippen molar-refractivity contribution in [3.63, 3.8) is 0 Å². The second-order valence-electron chi connectivity index (χ2n) is 3.87. The van der Waals surface area contributed by atoms with Crippen LogP contribution in [0.5, 0.6) is 5.75 Å². The van der Waals surface area contributed by atoms with Crippen LogP contribution in [0, 0.1) is 5.82 Å². The lowest BCUT2D eigenvalue weighted by Crippen LogP contribution is -2.26. The summed E-state index contributed by atoms with van der Waals surface area (Å²) < 4.78 is 23.6. The van der Waals surface area contributed by atoms with Crippen molar-refractivity contribution in [1.82, 2.24) is 0 Å². The second kappa shape index (κ2) is 7.28. The van der Waals surface area contributed by atoms with Crippen LogP contribution in [0.2, 0.25) is 0 Å². The molecule has 1 N–H and O–H groups in total. The first kappa shape index (κ1) is 15.7. The highest BCUT2D eigenvalue weighted by Gasteiger charge is 2.17. The van der Waals surface area contributed by atoms with E-state index < -0.39 is 23.9 Å². The fraction of sp³-hybridized carbons (Fsp3) is 0.286. The van der Waals surface area contributed by atoms with Crippen molar-refractivity contribution in [3.05, 3.63) is 35.7 Å². The van der Waals surface area contributed by atoms with E-state index in [9.17, 15) is 14.0 Å².